The quantitative estimate of drug-likeness (QED) is 0.720. The summed E-state index contributed by atoms with van der Waals surface area (Å²) in [6.45, 7) is 6.57. The Kier molecular flexibility index (Phi) is 4.54. The molecule has 0 aliphatic carbocycles. The summed E-state index contributed by atoms with van der Waals surface area (Å²) in [4.78, 5) is 13.1. The molecule has 1 aliphatic rings. The van der Waals surface area contributed by atoms with Crippen molar-refractivity contribution in [3.8, 4) is 0 Å². The van der Waals surface area contributed by atoms with Crippen molar-refractivity contribution in [3.05, 3.63) is 0 Å². The van der Waals surface area contributed by atoms with Crippen LogP contribution < -0.4 is 0 Å². The van der Waals surface area contributed by atoms with E-state index >= 15 is 0 Å². The lowest BCUT2D eigenvalue weighted by atomic mass is 9.86. The number of methoxy groups -OCH3 is 1. The van der Waals surface area contributed by atoms with Crippen LogP contribution in [0.2, 0.25) is 0 Å². The van der Waals surface area contributed by atoms with Gasteiger partial charge in [-0.3, -0.25) is 9.69 Å². The van der Waals surface area contributed by atoms with Crippen LogP contribution in [0.4, 0.5) is 0 Å². The molecule has 0 spiro atoms. The highest BCUT2D eigenvalue weighted by atomic mass is 16.5. The van der Waals surface area contributed by atoms with Gasteiger partial charge in [-0.2, -0.15) is 0 Å². The Balaban J connectivity index is 2.21. The van der Waals surface area contributed by atoms with E-state index in [9.17, 15) is 4.79 Å². The van der Waals surface area contributed by atoms with Crippen LogP contribution in [-0.2, 0) is 9.53 Å². The molecule has 0 aromatic rings. The maximum absolute atomic E-state index is 10.7. The van der Waals surface area contributed by atoms with Gasteiger partial charge in [0, 0.05) is 32.8 Å². The maximum Gasteiger partial charge on any atom is 0.306 e. The molecule has 0 aromatic heterocycles. The number of ether oxygens (including phenoxy) is 1. The highest BCUT2D eigenvalue weighted by Crippen LogP contribution is 2.26. The molecule has 15 heavy (non-hydrogen) atoms. The lowest BCUT2D eigenvalue weighted by molar-refractivity contribution is -0.146. The molecule has 4 heteroatoms. The molecule has 0 saturated carbocycles. The SMILES string of the molecule is COCCC(C)N1CC(C(C)C(=O)O)C1. The lowest BCUT2D eigenvalue weighted by Gasteiger charge is -2.44. The number of hydrogen-bond acceptors (Lipinski definition) is 3. The summed E-state index contributed by atoms with van der Waals surface area (Å²) >= 11 is 0. The van der Waals surface area contributed by atoms with Crippen molar-refractivity contribution in [1.29, 1.82) is 0 Å². The molecule has 1 N–H and O–H groups in total. The fourth-order valence-corrected chi connectivity index (χ4v) is 1.90. The van der Waals surface area contributed by atoms with Crippen LogP contribution in [0, 0.1) is 11.8 Å². The molecule has 1 saturated heterocycles. The summed E-state index contributed by atoms with van der Waals surface area (Å²) in [5, 5.41) is 8.85. The van der Waals surface area contributed by atoms with Crippen molar-refractivity contribution < 1.29 is 14.6 Å². The molecule has 1 aliphatic heterocycles. The van der Waals surface area contributed by atoms with Crippen LogP contribution in [-0.4, -0.2) is 48.8 Å². The summed E-state index contributed by atoms with van der Waals surface area (Å²) < 4.78 is 5.02. The van der Waals surface area contributed by atoms with E-state index in [-0.39, 0.29) is 5.92 Å². The number of hydrogen-bond donors (Lipinski definition) is 1. The summed E-state index contributed by atoms with van der Waals surface area (Å²) in [5.74, 6) is -0.562. The van der Waals surface area contributed by atoms with Crippen LogP contribution in [0.15, 0.2) is 0 Å². The lowest BCUT2D eigenvalue weighted by Crippen LogP contribution is -2.54. The molecular formula is C11H21NO3. The fraction of sp³-hybridized carbons (Fsp3) is 0.909. The number of carbonyl (C=O) groups is 1. The minimum atomic E-state index is -0.677. The first kappa shape index (κ1) is 12.5. The molecule has 0 amide bonds. The van der Waals surface area contributed by atoms with Crippen LogP contribution >= 0.6 is 0 Å². The largest absolute Gasteiger partial charge is 0.481 e. The molecular weight excluding hydrogens is 194 g/mol. The zero-order valence-electron chi connectivity index (χ0n) is 9.77. The van der Waals surface area contributed by atoms with E-state index in [4.69, 9.17) is 9.84 Å². The number of aliphatic carboxylic acids is 1. The van der Waals surface area contributed by atoms with Crippen molar-refractivity contribution in [2.75, 3.05) is 26.8 Å². The summed E-state index contributed by atoms with van der Waals surface area (Å²) in [6, 6.07) is 0.502. The van der Waals surface area contributed by atoms with Crippen molar-refractivity contribution in [2.45, 2.75) is 26.3 Å². The predicted molar refractivity (Wildman–Crippen MR) is 57.8 cm³/mol. The maximum atomic E-state index is 10.7. The molecule has 4 nitrogen and oxygen atoms in total. The Bertz CT molecular complexity index is 214. The first-order valence-electron chi connectivity index (χ1n) is 5.52. The first-order chi connectivity index (χ1) is 7.06. The second-order valence-electron chi connectivity index (χ2n) is 4.47. The summed E-state index contributed by atoms with van der Waals surface area (Å²) in [7, 11) is 1.71. The van der Waals surface area contributed by atoms with Crippen LogP contribution in [0.25, 0.3) is 0 Å². The van der Waals surface area contributed by atoms with Gasteiger partial charge < -0.3 is 9.84 Å². The normalized spacial score (nSPS) is 22.1. The smallest absolute Gasteiger partial charge is 0.306 e. The molecule has 2 atom stereocenters. The average molecular weight is 215 g/mol. The Morgan fingerprint density at radius 1 is 1.53 bits per heavy atom. The highest BCUT2D eigenvalue weighted by molar-refractivity contribution is 5.70. The van der Waals surface area contributed by atoms with E-state index in [1.54, 1.807) is 14.0 Å². The second kappa shape index (κ2) is 5.47. The Morgan fingerprint density at radius 3 is 2.60 bits per heavy atom. The minimum absolute atomic E-state index is 0.212. The Labute approximate surface area is 91.2 Å². The Morgan fingerprint density at radius 2 is 2.13 bits per heavy atom. The van der Waals surface area contributed by atoms with Gasteiger partial charge in [-0.25, -0.2) is 0 Å². The zero-order valence-corrected chi connectivity index (χ0v) is 9.77. The van der Waals surface area contributed by atoms with Crippen LogP contribution in [0.3, 0.4) is 0 Å². The van der Waals surface area contributed by atoms with Crippen molar-refractivity contribution in [1.82, 2.24) is 4.90 Å². The first-order valence-corrected chi connectivity index (χ1v) is 5.52. The van der Waals surface area contributed by atoms with E-state index in [0.717, 1.165) is 26.1 Å². The third-order valence-corrected chi connectivity index (χ3v) is 3.40. The molecule has 0 aromatic carbocycles. The van der Waals surface area contributed by atoms with E-state index < -0.39 is 5.97 Å². The van der Waals surface area contributed by atoms with E-state index in [1.165, 1.54) is 0 Å². The minimum Gasteiger partial charge on any atom is -0.481 e. The van der Waals surface area contributed by atoms with Gasteiger partial charge in [0.15, 0.2) is 0 Å². The van der Waals surface area contributed by atoms with Gasteiger partial charge >= 0.3 is 5.97 Å². The molecule has 2 unspecified atom stereocenters. The monoisotopic (exact) mass is 215 g/mol. The van der Waals surface area contributed by atoms with Gasteiger partial charge in [0.1, 0.15) is 0 Å². The molecule has 1 fully saturated rings. The van der Waals surface area contributed by atoms with Gasteiger partial charge in [0.05, 0.1) is 5.92 Å². The van der Waals surface area contributed by atoms with Crippen molar-refractivity contribution in [3.63, 3.8) is 0 Å². The molecule has 88 valence electrons. The number of nitrogens with zero attached hydrogens (tertiary/aromatic N) is 1. The zero-order chi connectivity index (χ0) is 11.4. The van der Waals surface area contributed by atoms with E-state index in [0.29, 0.717) is 12.0 Å². The second-order valence-corrected chi connectivity index (χ2v) is 4.47. The van der Waals surface area contributed by atoms with Crippen LogP contribution in [0.5, 0.6) is 0 Å². The molecule has 0 bridgehead atoms. The number of carboxylic acid groups (broad SMARTS) is 1. The molecule has 1 heterocycles. The van der Waals surface area contributed by atoms with E-state index in [1.807, 2.05) is 0 Å². The summed E-state index contributed by atoms with van der Waals surface area (Å²) in [5.41, 5.74) is 0. The summed E-state index contributed by atoms with van der Waals surface area (Å²) in [6.07, 6.45) is 1.02. The predicted octanol–water partition coefficient (Wildman–Crippen LogP) is 1.06. The molecule has 1 rings (SSSR count). The van der Waals surface area contributed by atoms with E-state index in [2.05, 4.69) is 11.8 Å². The Hall–Kier alpha value is -0.610. The van der Waals surface area contributed by atoms with Crippen LogP contribution in [0.1, 0.15) is 20.3 Å². The van der Waals surface area contributed by atoms with Crippen molar-refractivity contribution in [2.24, 2.45) is 11.8 Å². The fourth-order valence-electron chi connectivity index (χ4n) is 1.90. The van der Waals surface area contributed by atoms with Gasteiger partial charge in [0.25, 0.3) is 0 Å². The standard InChI is InChI=1S/C11H21NO3/c1-8(4-5-15-3)12-6-10(7-12)9(2)11(13)14/h8-10H,4-7H2,1-3H3,(H,13,14). The topological polar surface area (TPSA) is 49.8 Å². The van der Waals surface area contributed by atoms with Crippen molar-refractivity contribution >= 4 is 5.97 Å². The molecule has 0 radical (unpaired) electrons. The highest BCUT2D eigenvalue weighted by Gasteiger charge is 2.36. The number of likely N-dealkylation sites (tertiary alicyclic amines) is 1. The number of carboxylic acids is 1. The average Bonchev–Trinajstić information content (AvgIpc) is 2.11. The van der Waals surface area contributed by atoms with Gasteiger partial charge in [-0.1, -0.05) is 6.92 Å². The number of rotatable bonds is 6. The van der Waals surface area contributed by atoms with Gasteiger partial charge in [0.2, 0.25) is 0 Å². The third kappa shape index (κ3) is 3.18. The van der Waals surface area contributed by atoms with Gasteiger partial charge in [-0.15, -0.1) is 0 Å². The third-order valence-electron chi connectivity index (χ3n) is 3.40. The van der Waals surface area contributed by atoms with Gasteiger partial charge in [-0.05, 0) is 19.3 Å².